The molecule has 1 amide bonds. The van der Waals surface area contributed by atoms with Gasteiger partial charge in [0, 0.05) is 7.05 Å². The van der Waals surface area contributed by atoms with Crippen LogP contribution in [0.25, 0.3) is 0 Å². The highest BCUT2D eigenvalue weighted by Gasteiger charge is 2.28. The molecule has 20 heavy (non-hydrogen) atoms. The molecule has 0 spiro atoms. The van der Waals surface area contributed by atoms with Crippen LogP contribution < -0.4 is 0 Å². The SMILES string of the molecule is CC(C)C[C@@H](C(=O)O)N(C)C(=O)OCCO[Si](C)(C)C. The number of rotatable bonds is 8. The molecule has 1 atom stereocenters. The van der Waals surface area contributed by atoms with Gasteiger partial charge in [-0.05, 0) is 32.0 Å². The summed E-state index contributed by atoms with van der Waals surface area (Å²) in [5, 5.41) is 9.15. The summed E-state index contributed by atoms with van der Waals surface area (Å²) in [4.78, 5) is 24.1. The first-order valence-electron chi connectivity index (χ1n) is 6.81. The number of hydrogen-bond acceptors (Lipinski definition) is 4. The molecule has 0 saturated heterocycles. The zero-order valence-corrected chi connectivity index (χ0v) is 14.3. The van der Waals surface area contributed by atoms with E-state index in [0.29, 0.717) is 13.0 Å². The van der Waals surface area contributed by atoms with E-state index in [0.717, 1.165) is 4.90 Å². The van der Waals surface area contributed by atoms with Gasteiger partial charge in [0.25, 0.3) is 0 Å². The van der Waals surface area contributed by atoms with Gasteiger partial charge in [-0.2, -0.15) is 0 Å². The maximum absolute atomic E-state index is 11.8. The van der Waals surface area contributed by atoms with Crippen LogP contribution in [0.5, 0.6) is 0 Å². The Balaban J connectivity index is 4.27. The molecule has 0 unspecified atom stereocenters. The van der Waals surface area contributed by atoms with E-state index in [2.05, 4.69) is 0 Å². The second-order valence-electron chi connectivity index (χ2n) is 6.17. The highest BCUT2D eigenvalue weighted by Crippen LogP contribution is 2.12. The molecule has 0 rings (SSSR count). The Morgan fingerprint density at radius 2 is 1.75 bits per heavy atom. The number of carbonyl (C=O) groups is 2. The number of aliphatic carboxylic acids is 1. The monoisotopic (exact) mass is 305 g/mol. The maximum atomic E-state index is 11.8. The molecule has 0 aromatic heterocycles. The molecule has 0 aliphatic heterocycles. The van der Waals surface area contributed by atoms with Crippen molar-refractivity contribution in [3.63, 3.8) is 0 Å². The summed E-state index contributed by atoms with van der Waals surface area (Å²) in [6.45, 7) is 10.4. The molecular formula is C13H27NO5Si. The highest BCUT2D eigenvalue weighted by atomic mass is 28.4. The standard InChI is InChI=1S/C13H27NO5Si/c1-10(2)9-11(12(15)16)14(3)13(17)18-7-8-19-20(4,5)6/h10-11H,7-9H2,1-6H3,(H,15,16)/t11-/m0/s1. The third-order valence-electron chi connectivity index (χ3n) is 2.58. The third-order valence-corrected chi connectivity index (χ3v) is 3.65. The number of ether oxygens (including phenoxy) is 1. The molecule has 6 nitrogen and oxygen atoms in total. The van der Waals surface area contributed by atoms with E-state index < -0.39 is 26.4 Å². The quantitative estimate of drug-likeness (QED) is 0.550. The van der Waals surface area contributed by atoms with Gasteiger partial charge in [-0.3, -0.25) is 4.90 Å². The number of amides is 1. The molecular weight excluding hydrogens is 278 g/mol. The van der Waals surface area contributed by atoms with Crippen LogP contribution in [0.4, 0.5) is 4.79 Å². The van der Waals surface area contributed by atoms with Crippen molar-refractivity contribution in [1.29, 1.82) is 0 Å². The summed E-state index contributed by atoms with van der Waals surface area (Å²) in [5.74, 6) is -0.835. The Bertz CT molecular complexity index is 327. The Morgan fingerprint density at radius 1 is 1.20 bits per heavy atom. The summed E-state index contributed by atoms with van der Waals surface area (Å²) in [5.41, 5.74) is 0. The van der Waals surface area contributed by atoms with Gasteiger partial charge < -0.3 is 14.3 Å². The number of nitrogens with zero attached hydrogens (tertiary/aromatic N) is 1. The zero-order valence-electron chi connectivity index (χ0n) is 13.3. The molecule has 1 N–H and O–H groups in total. The van der Waals surface area contributed by atoms with E-state index >= 15 is 0 Å². The van der Waals surface area contributed by atoms with E-state index in [9.17, 15) is 9.59 Å². The van der Waals surface area contributed by atoms with E-state index in [4.69, 9.17) is 14.3 Å². The van der Waals surface area contributed by atoms with E-state index in [1.807, 2.05) is 33.5 Å². The summed E-state index contributed by atoms with van der Waals surface area (Å²) in [6.07, 6.45) is -0.232. The first kappa shape index (κ1) is 18.9. The molecule has 0 heterocycles. The molecule has 0 fully saturated rings. The largest absolute Gasteiger partial charge is 0.480 e. The van der Waals surface area contributed by atoms with Gasteiger partial charge in [0.05, 0.1) is 6.61 Å². The molecule has 0 aromatic carbocycles. The van der Waals surface area contributed by atoms with Crippen molar-refractivity contribution in [2.24, 2.45) is 5.92 Å². The summed E-state index contributed by atoms with van der Waals surface area (Å²) < 4.78 is 10.6. The van der Waals surface area contributed by atoms with Crippen molar-refractivity contribution in [1.82, 2.24) is 4.90 Å². The number of hydrogen-bond donors (Lipinski definition) is 1. The highest BCUT2D eigenvalue weighted by molar-refractivity contribution is 6.69. The van der Waals surface area contributed by atoms with Gasteiger partial charge in [-0.25, -0.2) is 9.59 Å². The summed E-state index contributed by atoms with van der Waals surface area (Å²) >= 11 is 0. The second kappa shape index (κ2) is 8.26. The lowest BCUT2D eigenvalue weighted by molar-refractivity contribution is -0.142. The normalized spacial score (nSPS) is 13.2. The van der Waals surface area contributed by atoms with Crippen LogP contribution >= 0.6 is 0 Å². The van der Waals surface area contributed by atoms with Crippen molar-refractivity contribution in [2.45, 2.75) is 46.0 Å². The third kappa shape index (κ3) is 8.16. The van der Waals surface area contributed by atoms with Crippen molar-refractivity contribution in [2.75, 3.05) is 20.3 Å². The average molecular weight is 305 g/mol. The van der Waals surface area contributed by atoms with Gasteiger partial charge in [-0.15, -0.1) is 0 Å². The predicted molar refractivity (Wildman–Crippen MR) is 79.3 cm³/mol. The van der Waals surface area contributed by atoms with E-state index in [1.54, 1.807) is 0 Å². The number of likely N-dealkylation sites (N-methyl/N-ethyl adjacent to an activating group) is 1. The predicted octanol–water partition coefficient (Wildman–Crippen LogP) is 2.41. The Labute approximate surface area is 122 Å². The molecule has 0 aromatic rings. The fourth-order valence-corrected chi connectivity index (χ4v) is 2.27. The number of carbonyl (C=O) groups excluding carboxylic acids is 1. The van der Waals surface area contributed by atoms with Crippen LogP contribution in [0.15, 0.2) is 0 Å². The average Bonchev–Trinajstić information content (AvgIpc) is 2.28. The molecule has 0 saturated carbocycles. The lowest BCUT2D eigenvalue weighted by atomic mass is 10.0. The number of carboxylic acids is 1. The topological polar surface area (TPSA) is 76.1 Å². The smallest absolute Gasteiger partial charge is 0.410 e. The first-order valence-corrected chi connectivity index (χ1v) is 10.2. The van der Waals surface area contributed by atoms with Crippen molar-refractivity contribution >= 4 is 20.4 Å². The van der Waals surface area contributed by atoms with Gasteiger partial charge in [-0.1, -0.05) is 13.8 Å². The summed E-state index contributed by atoms with van der Waals surface area (Å²) in [7, 11) is -0.170. The fraction of sp³-hybridized carbons (Fsp3) is 0.846. The van der Waals surface area contributed by atoms with Crippen LogP contribution in [0.3, 0.4) is 0 Å². The lowest BCUT2D eigenvalue weighted by Gasteiger charge is -2.25. The second-order valence-corrected chi connectivity index (χ2v) is 10.7. The van der Waals surface area contributed by atoms with Crippen molar-refractivity contribution < 1.29 is 23.9 Å². The van der Waals surface area contributed by atoms with Crippen LogP contribution in [0.2, 0.25) is 19.6 Å². The van der Waals surface area contributed by atoms with Gasteiger partial charge in [0.2, 0.25) is 0 Å². The Hall–Kier alpha value is -1.08. The first-order chi connectivity index (χ1) is 9.04. The Kier molecular flexibility index (Phi) is 7.81. The molecule has 0 radical (unpaired) electrons. The minimum atomic E-state index is -1.62. The number of carboxylic acid groups (broad SMARTS) is 1. The minimum Gasteiger partial charge on any atom is -0.480 e. The van der Waals surface area contributed by atoms with Gasteiger partial charge in [0.15, 0.2) is 8.32 Å². The molecule has 0 aliphatic rings. The molecule has 0 bridgehead atoms. The molecule has 118 valence electrons. The van der Waals surface area contributed by atoms with E-state index in [1.165, 1.54) is 7.05 Å². The van der Waals surface area contributed by atoms with Crippen molar-refractivity contribution in [3.8, 4) is 0 Å². The zero-order chi connectivity index (χ0) is 15.9. The summed E-state index contributed by atoms with van der Waals surface area (Å²) in [6, 6.07) is -0.861. The van der Waals surface area contributed by atoms with Crippen LogP contribution in [0, 0.1) is 5.92 Å². The Morgan fingerprint density at radius 3 is 2.15 bits per heavy atom. The maximum Gasteiger partial charge on any atom is 0.410 e. The van der Waals surface area contributed by atoms with Crippen LogP contribution in [-0.2, 0) is 14.0 Å². The minimum absolute atomic E-state index is 0.140. The van der Waals surface area contributed by atoms with Gasteiger partial charge >= 0.3 is 12.1 Å². The molecule has 7 heteroatoms. The molecule has 0 aliphatic carbocycles. The lowest BCUT2D eigenvalue weighted by Crippen LogP contribution is -2.43. The van der Waals surface area contributed by atoms with Crippen LogP contribution in [0.1, 0.15) is 20.3 Å². The fourth-order valence-electron chi connectivity index (χ4n) is 1.58. The van der Waals surface area contributed by atoms with E-state index in [-0.39, 0.29) is 12.5 Å². The van der Waals surface area contributed by atoms with Gasteiger partial charge in [0.1, 0.15) is 12.6 Å². The van der Waals surface area contributed by atoms with Crippen molar-refractivity contribution in [3.05, 3.63) is 0 Å². The van der Waals surface area contributed by atoms with Crippen LogP contribution in [-0.4, -0.2) is 56.7 Å².